The van der Waals surface area contributed by atoms with Crippen LogP contribution in [0.1, 0.15) is 30.1 Å². The topological polar surface area (TPSA) is 72.9 Å². The summed E-state index contributed by atoms with van der Waals surface area (Å²) in [6.07, 6.45) is 2.00. The Bertz CT molecular complexity index is 838. The molecule has 27 heavy (non-hydrogen) atoms. The third-order valence-corrected chi connectivity index (χ3v) is 4.33. The average Bonchev–Trinajstić information content (AvgIpc) is 3.21. The molecule has 0 saturated carbocycles. The average molecular weight is 367 g/mol. The number of carbonyl (C=O) groups excluding carboxylic acids is 3. The van der Waals surface area contributed by atoms with Gasteiger partial charge in [0.05, 0.1) is 5.56 Å². The van der Waals surface area contributed by atoms with E-state index in [1.54, 1.807) is 47.4 Å². The van der Waals surface area contributed by atoms with Crippen LogP contribution in [0.25, 0.3) is 11.1 Å². The lowest BCUT2D eigenvalue weighted by molar-refractivity contribution is -0.133. The number of likely N-dealkylation sites (tertiary alicyclic amines) is 1. The van der Waals surface area contributed by atoms with Gasteiger partial charge in [0.2, 0.25) is 0 Å². The van der Waals surface area contributed by atoms with E-state index in [0.717, 1.165) is 37.1 Å². The molecule has 0 aromatic heterocycles. The first-order valence-electron chi connectivity index (χ1n) is 8.87. The minimum absolute atomic E-state index is 0.155. The van der Waals surface area contributed by atoms with E-state index >= 15 is 0 Å². The third-order valence-electron chi connectivity index (χ3n) is 4.33. The Morgan fingerprint density at radius 3 is 2.33 bits per heavy atom. The van der Waals surface area contributed by atoms with Crippen LogP contribution in [0.15, 0.2) is 48.5 Å². The highest BCUT2D eigenvalue weighted by Crippen LogP contribution is 2.23. The van der Waals surface area contributed by atoms with Gasteiger partial charge in [-0.3, -0.25) is 9.59 Å². The summed E-state index contributed by atoms with van der Waals surface area (Å²) in [6.45, 7) is 2.57. The molecular formula is C21H21NO5. The van der Waals surface area contributed by atoms with Crippen molar-refractivity contribution < 1.29 is 23.9 Å². The van der Waals surface area contributed by atoms with E-state index in [0.29, 0.717) is 11.3 Å². The summed E-state index contributed by atoms with van der Waals surface area (Å²) >= 11 is 0. The van der Waals surface area contributed by atoms with E-state index in [-0.39, 0.29) is 18.5 Å². The van der Waals surface area contributed by atoms with Crippen molar-refractivity contribution >= 4 is 17.8 Å². The Morgan fingerprint density at radius 2 is 1.67 bits per heavy atom. The first-order chi connectivity index (χ1) is 13.0. The zero-order valence-electron chi connectivity index (χ0n) is 15.1. The van der Waals surface area contributed by atoms with Gasteiger partial charge in [0.1, 0.15) is 5.75 Å². The Morgan fingerprint density at radius 1 is 0.963 bits per heavy atom. The van der Waals surface area contributed by atoms with Crippen LogP contribution >= 0.6 is 0 Å². The highest BCUT2D eigenvalue weighted by molar-refractivity contribution is 5.92. The van der Waals surface area contributed by atoms with Crippen molar-refractivity contribution in [3.63, 3.8) is 0 Å². The second-order valence-corrected chi connectivity index (χ2v) is 6.36. The van der Waals surface area contributed by atoms with Crippen LogP contribution in [-0.2, 0) is 14.3 Å². The Labute approximate surface area is 157 Å². The van der Waals surface area contributed by atoms with Crippen LogP contribution in [-0.4, -0.2) is 42.4 Å². The van der Waals surface area contributed by atoms with Crippen LogP contribution in [0.4, 0.5) is 0 Å². The molecule has 140 valence electrons. The Kier molecular flexibility index (Phi) is 5.86. The van der Waals surface area contributed by atoms with Gasteiger partial charge in [-0.2, -0.15) is 0 Å². The smallest absolute Gasteiger partial charge is 0.338 e. The fourth-order valence-corrected chi connectivity index (χ4v) is 2.98. The summed E-state index contributed by atoms with van der Waals surface area (Å²) < 4.78 is 10.2. The normalized spacial score (nSPS) is 13.3. The van der Waals surface area contributed by atoms with Gasteiger partial charge >= 0.3 is 11.9 Å². The molecule has 1 amide bonds. The molecule has 0 N–H and O–H groups in total. The lowest BCUT2D eigenvalue weighted by atomic mass is 10.0. The van der Waals surface area contributed by atoms with Gasteiger partial charge in [-0.1, -0.05) is 24.3 Å². The molecule has 0 unspecified atom stereocenters. The molecule has 6 heteroatoms. The van der Waals surface area contributed by atoms with E-state index in [9.17, 15) is 14.4 Å². The number of benzene rings is 2. The predicted octanol–water partition coefficient (Wildman–Crippen LogP) is 3.06. The molecule has 0 bridgehead atoms. The quantitative estimate of drug-likeness (QED) is 0.600. The fraction of sp³-hybridized carbons (Fsp3) is 0.286. The van der Waals surface area contributed by atoms with Crippen molar-refractivity contribution in [2.24, 2.45) is 0 Å². The van der Waals surface area contributed by atoms with Crippen LogP contribution in [0.3, 0.4) is 0 Å². The summed E-state index contributed by atoms with van der Waals surface area (Å²) in [5, 5.41) is 0. The van der Waals surface area contributed by atoms with Gasteiger partial charge in [0, 0.05) is 20.0 Å². The number of hydrogen-bond acceptors (Lipinski definition) is 5. The van der Waals surface area contributed by atoms with Crippen molar-refractivity contribution in [3.8, 4) is 16.9 Å². The van der Waals surface area contributed by atoms with Gasteiger partial charge in [-0.05, 0) is 48.2 Å². The molecule has 2 aromatic carbocycles. The number of carbonyl (C=O) groups is 3. The molecule has 0 aliphatic carbocycles. The maximum atomic E-state index is 12.3. The van der Waals surface area contributed by atoms with Crippen LogP contribution in [0, 0.1) is 0 Å². The molecule has 1 fully saturated rings. The molecule has 1 aliphatic heterocycles. The minimum Gasteiger partial charge on any atom is -0.452 e. The third kappa shape index (κ3) is 4.94. The highest BCUT2D eigenvalue weighted by Gasteiger charge is 2.19. The van der Waals surface area contributed by atoms with E-state index < -0.39 is 5.97 Å². The van der Waals surface area contributed by atoms with Crippen molar-refractivity contribution in [1.29, 1.82) is 0 Å². The number of esters is 2. The largest absolute Gasteiger partial charge is 0.452 e. The maximum absolute atomic E-state index is 12.3. The number of nitrogens with zero attached hydrogens (tertiary/aromatic N) is 1. The summed E-state index contributed by atoms with van der Waals surface area (Å²) in [5.74, 6) is -0.600. The molecule has 1 heterocycles. The molecule has 1 saturated heterocycles. The molecule has 0 atom stereocenters. The summed E-state index contributed by atoms with van der Waals surface area (Å²) in [5.41, 5.74) is 2.07. The van der Waals surface area contributed by atoms with Crippen LogP contribution < -0.4 is 4.74 Å². The molecule has 0 radical (unpaired) electrons. The zero-order chi connectivity index (χ0) is 19.2. The van der Waals surface area contributed by atoms with Crippen molar-refractivity contribution in [3.05, 3.63) is 54.1 Å². The molecule has 6 nitrogen and oxygen atoms in total. The molecule has 1 aliphatic rings. The van der Waals surface area contributed by atoms with E-state index in [1.165, 1.54) is 6.92 Å². The van der Waals surface area contributed by atoms with Gasteiger partial charge in [-0.25, -0.2) is 4.79 Å². The number of ether oxygens (including phenoxy) is 2. The molecular weight excluding hydrogens is 346 g/mol. The second kappa shape index (κ2) is 8.49. The number of hydrogen-bond donors (Lipinski definition) is 0. The summed E-state index contributed by atoms with van der Waals surface area (Å²) in [7, 11) is 0. The number of rotatable bonds is 5. The summed E-state index contributed by atoms with van der Waals surface area (Å²) in [4.78, 5) is 37.0. The van der Waals surface area contributed by atoms with Crippen molar-refractivity contribution in [2.75, 3.05) is 19.7 Å². The van der Waals surface area contributed by atoms with Gasteiger partial charge in [0.15, 0.2) is 6.61 Å². The van der Waals surface area contributed by atoms with Crippen molar-refractivity contribution in [2.45, 2.75) is 19.8 Å². The molecule has 3 rings (SSSR count). The van der Waals surface area contributed by atoms with Gasteiger partial charge < -0.3 is 14.4 Å². The summed E-state index contributed by atoms with van der Waals surface area (Å²) in [6, 6.07) is 14.0. The minimum atomic E-state index is -0.527. The number of amides is 1. The fourth-order valence-electron chi connectivity index (χ4n) is 2.98. The predicted molar refractivity (Wildman–Crippen MR) is 99.3 cm³/mol. The monoisotopic (exact) mass is 367 g/mol. The van der Waals surface area contributed by atoms with Gasteiger partial charge in [-0.15, -0.1) is 0 Å². The lowest BCUT2D eigenvalue weighted by Crippen LogP contribution is -2.32. The SMILES string of the molecule is CC(=O)Oc1ccc(-c2cccc(C(=O)OCC(=O)N3CCCC3)c2)cc1. The van der Waals surface area contributed by atoms with Crippen LogP contribution in [0.2, 0.25) is 0 Å². The van der Waals surface area contributed by atoms with Gasteiger partial charge in [0.25, 0.3) is 5.91 Å². The second-order valence-electron chi connectivity index (χ2n) is 6.36. The van der Waals surface area contributed by atoms with E-state index in [2.05, 4.69) is 0 Å². The highest BCUT2D eigenvalue weighted by atomic mass is 16.5. The van der Waals surface area contributed by atoms with Crippen molar-refractivity contribution in [1.82, 2.24) is 4.90 Å². The Balaban J connectivity index is 1.64. The molecule has 0 spiro atoms. The van der Waals surface area contributed by atoms with Crippen LogP contribution in [0.5, 0.6) is 5.75 Å². The lowest BCUT2D eigenvalue weighted by Gasteiger charge is -2.15. The Hall–Kier alpha value is -3.15. The first kappa shape index (κ1) is 18.6. The van der Waals surface area contributed by atoms with E-state index in [4.69, 9.17) is 9.47 Å². The molecule has 2 aromatic rings. The van der Waals surface area contributed by atoms with E-state index in [1.807, 2.05) is 6.07 Å². The zero-order valence-corrected chi connectivity index (χ0v) is 15.1. The maximum Gasteiger partial charge on any atom is 0.338 e. The first-order valence-corrected chi connectivity index (χ1v) is 8.87. The standard InChI is InChI=1S/C21H21NO5/c1-15(23)27-19-9-7-16(8-10-19)17-5-4-6-18(13-17)21(25)26-14-20(24)22-11-2-3-12-22/h4-10,13H,2-3,11-12,14H2,1H3.